The average molecular weight is 289 g/mol. The van der Waals surface area contributed by atoms with E-state index in [1.165, 1.54) is 6.92 Å². The Morgan fingerprint density at radius 3 is 2.30 bits per heavy atom. The van der Waals surface area contributed by atoms with Gasteiger partial charge in [0, 0.05) is 13.0 Å². The molecule has 1 aromatic carbocycles. The van der Waals surface area contributed by atoms with Gasteiger partial charge in [0.25, 0.3) is 0 Å². The standard InChI is InChI=1S/C14H18F3NO2/c1-13(12(19)20,8-5-9-14(15,16)17)18-10-11-6-3-2-4-7-11/h2-4,6-7,18H,5,8-10H2,1H3,(H,19,20). The molecule has 0 amide bonds. The maximum absolute atomic E-state index is 12.1. The van der Waals surface area contributed by atoms with Gasteiger partial charge in [0.15, 0.2) is 0 Å². The number of benzene rings is 1. The summed E-state index contributed by atoms with van der Waals surface area (Å²) in [5.74, 6) is -1.14. The van der Waals surface area contributed by atoms with Gasteiger partial charge in [-0.25, -0.2) is 0 Å². The second-order valence-corrected chi connectivity index (χ2v) is 4.95. The lowest BCUT2D eigenvalue weighted by atomic mass is 9.94. The smallest absolute Gasteiger partial charge is 0.389 e. The number of carboxylic acids is 1. The molecule has 0 aliphatic rings. The van der Waals surface area contributed by atoms with Gasteiger partial charge < -0.3 is 5.11 Å². The lowest BCUT2D eigenvalue weighted by Crippen LogP contribution is -2.49. The highest BCUT2D eigenvalue weighted by atomic mass is 19.4. The van der Waals surface area contributed by atoms with E-state index in [0.29, 0.717) is 6.54 Å². The zero-order chi connectivity index (χ0) is 15.2. The second kappa shape index (κ2) is 6.74. The Kier molecular flexibility index (Phi) is 5.56. The molecule has 1 rings (SSSR count). The fourth-order valence-electron chi connectivity index (χ4n) is 1.81. The summed E-state index contributed by atoms with van der Waals surface area (Å²) in [6.07, 6.45) is -5.51. The van der Waals surface area contributed by atoms with Crippen molar-refractivity contribution >= 4 is 5.97 Å². The number of hydrogen-bond donors (Lipinski definition) is 2. The van der Waals surface area contributed by atoms with E-state index in [9.17, 15) is 23.1 Å². The van der Waals surface area contributed by atoms with Crippen molar-refractivity contribution in [2.24, 2.45) is 0 Å². The molecule has 0 heterocycles. The number of carboxylic acid groups (broad SMARTS) is 1. The van der Waals surface area contributed by atoms with Crippen molar-refractivity contribution in [3.8, 4) is 0 Å². The number of alkyl halides is 3. The van der Waals surface area contributed by atoms with E-state index in [2.05, 4.69) is 5.32 Å². The van der Waals surface area contributed by atoms with Crippen LogP contribution in [-0.4, -0.2) is 22.8 Å². The predicted molar refractivity (Wildman–Crippen MR) is 69.2 cm³/mol. The van der Waals surface area contributed by atoms with E-state index in [0.717, 1.165) is 5.56 Å². The summed E-state index contributed by atoms with van der Waals surface area (Å²) >= 11 is 0. The highest BCUT2D eigenvalue weighted by molar-refractivity contribution is 5.78. The van der Waals surface area contributed by atoms with Crippen LogP contribution in [0.1, 0.15) is 31.7 Å². The van der Waals surface area contributed by atoms with Crippen LogP contribution in [0.25, 0.3) is 0 Å². The molecule has 0 aromatic heterocycles. The fraction of sp³-hybridized carbons (Fsp3) is 0.500. The van der Waals surface area contributed by atoms with Gasteiger partial charge in [-0.05, 0) is 25.3 Å². The Hall–Kier alpha value is -1.56. The average Bonchev–Trinajstić information content (AvgIpc) is 2.36. The summed E-state index contributed by atoms with van der Waals surface area (Å²) in [5.41, 5.74) is -0.475. The van der Waals surface area contributed by atoms with Crippen LogP contribution in [0.15, 0.2) is 30.3 Å². The number of hydrogen-bond acceptors (Lipinski definition) is 2. The monoisotopic (exact) mass is 289 g/mol. The summed E-state index contributed by atoms with van der Waals surface area (Å²) in [4.78, 5) is 11.3. The molecule has 0 aliphatic heterocycles. The first kappa shape index (κ1) is 16.5. The highest BCUT2D eigenvalue weighted by Crippen LogP contribution is 2.25. The maximum Gasteiger partial charge on any atom is 0.389 e. The Balaban J connectivity index is 2.56. The second-order valence-electron chi connectivity index (χ2n) is 4.95. The van der Waals surface area contributed by atoms with Gasteiger partial charge in [0.05, 0.1) is 0 Å². The lowest BCUT2D eigenvalue weighted by Gasteiger charge is -2.26. The molecular formula is C14H18F3NO2. The topological polar surface area (TPSA) is 49.3 Å². The first-order valence-electron chi connectivity index (χ1n) is 6.32. The maximum atomic E-state index is 12.1. The molecule has 0 radical (unpaired) electrons. The summed E-state index contributed by atoms with van der Waals surface area (Å²) in [7, 11) is 0. The molecule has 1 aromatic rings. The molecule has 0 aliphatic carbocycles. The van der Waals surface area contributed by atoms with Crippen LogP contribution in [0.2, 0.25) is 0 Å². The third-order valence-corrected chi connectivity index (χ3v) is 3.13. The van der Waals surface area contributed by atoms with Gasteiger partial charge in [-0.15, -0.1) is 0 Å². The number of aliphatic carboxylic acids is 1. The Morgan fingerprint density at radius 2 is 1.80 bits per heavy atom. The van der Waals surface area contributed by atoms with E-state index < -0.39 is 24.1 Å². The third kappa shape index (κ3) is 5.61. The molecule has 2 N–H and O–H groups in total. The van der Waals surface area contributed by atoms with Crippen LogP contribution in [0.3, 0.4) is 0 Å². The fourth-order valence-corrected chi connectivity index (χ4v) is 1.81. The molecule has 0 fully saturated rings. The van der Waals surface area contributed by atoms with Gasteiger partial charge in [-0.3, -0.25) is 10.1 Å². The molecule has 6 heteroatoms. The Labute approximate surface area is 115 Å². The zero-order valence-electron chi connectivity index (χ0n) is 11.2. The van der Waals surface area contributed by atoms with Crippen molar-refractivity contribution in [2.45, 2.75) is 44.4 Å². The highest BCUT2D eigenvalue weighted by Gasteiger charge is 2.34. The minimum atomic E-state index is -4.25. The minimum Gasteiger partial charge on any atom is -0.480 e. The third-order valence-electron chi connectivity index (χ3n) is 3.13. The van der Waals surface area contributed by atoms with E-state index in [1.54, 1.807) is 0 Å². The number of rotatable bonds is 7. The summed E-state index contributed by atoms with van der Waals surface area (Å²) in [6, 6.07) is 9.12. The summed E-state index contributed by atoms with van der Waals surface area (Å²) in [5, 5.41) is 12.0. The number of halogens is 3. The molecule has 3 nitrogen and oxygen atoms in total. The lowest BCUT2D eigenvalue weighted by molar-refractivity contribution is -0.147. The molecule has 0 bridgehead atoms. The van der Waals surface area contributed by atoms with Gasteiger partial charge in [-0.2, -0.15) is 13.2 Å². The van der Waals surface area contributed by atoms with Crippen molar-refractivity contribution in [1.29, 1.82) is 0 Å². The van der Waals surface area contributed by atoms with Crippen LogP contribution in [0.4, 0.5) is 13.2 Å². The molecule has 20 heavy (non-hydrogen) atoms. The van der Waals surface area contributed by atoms with Gasteiger partial charge in [-0.1, -0.05) is 30.3 Å². The Morgan fingerprint density at radius 1 is 1.20 bits per heavy atom. The van der Waals surface area contributed by atoms with Crippen LogP contribution in [0, 0.1) is 0 Å². The zero-order valence-corrected chi connectivity index (χ0v) is 11.2. The largest absolute Gasteiger partial charge is 0.480 e. The quantitative estimate of drug-likeness (QED) is 0.809. The summed E-state index contributed by atoms with van der Waals surface area (Å²) in [6.45, 7) is 1.71. The number of nitrogens with one attached hydrogen (secondary N) is 1. The van der Waals surface area contributed by atoms with Crippen LogP contribution in [0.5, 0.6) is 0 Å². The normalized spacial score (nSPS) is 14.8. The van der Waals surface area contributed by atoms with Crippen molar-refractivity contribution in [1.82, 2.24) is 5.32 Å². The SMILES string of the molecule is CC(CCCC(F)(F)F)(NCc1ccccc1)C(=O)O. The number of carbonyl (C=O) groups is 1. The molecule has 112 valence electrons. The van der Waals surface area contributed by atoms with Crippen molar-refractivity contribution in [3.05, 3.63) is 35.9 Å². The van der Waals surface area contributed by atoms with Crippen molar-refractivity contribution < 1.29 is 23.1 Å². The van der Waals surface area contributed by atoms with E-state index >= 15 is 0 Å². The first-order chi connectivity index (χ1) is 9.23. The van der Waals surface area contributed by atoms with E-state index in [4.69, 9.17) is 0 Å². The Bertz CT molecular complexity index is 434. The molecule has 1 unspecified atom stereocenters. The minimum absolute atomic E-state index is 0.0747. The van der Waals surface area contributed by atoms with Crippen LogP contribution < -0.4 is 5.32 Å². The van der Waals surface area contributed by atoms with Gasteiger partial charge >= 0.3 is 12.1 Å². The molecule has 0 spiro atoms. The first-order valence-corrected chi connectivity index (χ1v) is 6.32. The molecule has 1 atom stereocenters. The molecule has 0 saturated heterocycles. The van der Waals surface area contributed by atoms with Gasteiger partial charge in [0.1, 0.15) is 5.54 Å². The van der Waals surface area contributed by atoms with Crippen LogP contribution in [-0.2, 0) is 11.3 Å². The van der Waals surface area contributed by atoms with Crippen LogP contribution >= 0.6 is 0 Å². The van der Waals surface area contributed by atoms with Crippen molar-refractivity contribution in [2.75, 3.05) is 0 Å². The van der Waals surface area contributed by atoms with E-state index in [1.807, 2.05) is 30.3 Å². The van der Waals surface area contributed by atoms with E-state index in [-0.39, 0.29) is 12.8 Å². The summed E-state index contributed by atoms with van der Waals surface area (Å²) < 4.78 is 36.3. The molecule has 0 saturated carbocycles. The van der Waals surface area contributed by atoms with Gasteiger partial charge in [0.2, 0.25) is 0 Å². The predicted octanol–water partition coefficient (Wildman–Crippen LogP) is 3.35. The molecular weight excluding hydrogens is 271 g/mol. The van der Waals surface area contributed by atoms with Crippen molar-refractivity contribution in [3.63, 3.8) is 0 Å².